The molecule has 0 aliphatic carbocycles. The van der Waals surface area contributed by atoms with Crippen LogP contribution in [0, 0.1) is 24.0 Å². The molecule has 0 aliphatic heterocycles. The van der Waals surface area contributed by atoms with E-state index in [-0.39, 0.29) is 19.2 Å². The van der Waals surface area contributed by atoms with Gasteiger partial charge >= 0.3 is 0 Å². The molecule has 0 heterocycles. The Labute approximate surface area is 174 Å². The van der Waals surface area contributed by atoms with Gasteiger partial charge in [-0.3, -0.25) is 10.1 Å². The number of rotatable bonds is 6. The minimum atomic E-state index is -4.61. The maximum absolute atomic E-state index is 13.4. The largest absolute Gasteiger partial charge is 0.277 e. The summed E-state index contributed by atoms with van der Waals surface area (Å²) in [5.74, 6) is 0. The average molecular weight is 447 g/mol. The molecule has 0 bridgehead atoms. The molecule has 0 saturated carbocycles. The van der Waals surface area contributed by atoms with Gasteiger partial charge in [0, 0.05) is 12.1 Å². The molecule has 0 aliphatic rings. The number of nitro benzene ring substituents is 1. The first kappa shape index (κ1) is 21.5. The Kier molecular flexibility index (Phi) is 5.64. The van der Waals surface area contributed by atoms with Crippen molar-refractivity contribution in [2.24, 2.45) is 0 Å². The third-order valence-electron chi connectivity index (χ3n) is 4.33. The summed E-state index contributed by atoms with van der Waals surface area (Å²) in [7, 11) is -9.21. The third kappa shape index (κ3) is 4.05. The van der Waals surface area contributed by atoms with Gasteiger partial charge in [0.05, 0.1) is 20.4 Å². The standard InChI is InChI=1S/C20H18N2O6S2/c1-15-6-10-19(11-7-15)29(25,26)22(18-5-3-4-17(14-18)21(23)24)30(27,28)20-12-8-16(2)9-13-20/h3-14H,1-2H3. The van der Waals surface area contributed by atoms with E-state index in [0.717, 1.165) is 23.3 Å². The minimum Gasteiger partial charge on any atom is -0.258 e. The van der Waals surface area contributed by atoms with Crippen molar-refractivity contribution in [3.8, 4) is 0 Å². The van der Waals surface area contributed by atoms with Gasteiger partial charge in [0.2, 0.25) is 0 Å². The van der Waals surface area contributed by atoms with Crippen molar-refractivity contribution < 1.29 is 21.8 Å². The van der Waals surface area contributed by atoms with E-state index in [2.05, 4.69) is 0 Å². The van der Waals surface area contributed by atoms with Crippen molar-refractivity contribution in [2.75, 3.05) is 3.71 Å². The normalized spacial score (nSPS) is 11.8. The summed E-state index contributed by atoms with van der Waals surface area (Å²) in [5, 5.41) is 11.2. The topological polar surface area (TPSA) is 115 Å². The summed E-state index contributed by atoms with van der Waals surface area (Å²) in [4.78, 5) is 9.95. The summed E-state index contributed by atoms with van der Waals surface area (Å²) in [6.45, 7) is 3.52. The van der Waals surface area contributed by atoms with Crippen LogP contribution >= 0.6 is 0 Å². The fraction of sp³-hybridized carbons (Fsp3) is 0.100. The first-order valence-electron chi connectivity index (χ1n) is 8.72. The number of hydrogen-bond acceptors (Lipinski definition) is 6. The lowest BCUT2D eigenvalue weighted by molar-refractivity contribution is -0.384. The second kappa shape index (κ2) is 7.88. The number of non-ortho nitro benzene ring substituents is 1. The number of nitro groups is 1. The van der Waals surface area contributed by atoms with Crippen LogP contribution < -0.4 is 3.71 Å². The average Bonchev–Trinajstić information content (AvgIpc) is 2.68. The summed E-state index contributed by atoms with van der Waals surface area (Å²) in [6.07, 6.45) is 0. The van der Waals surface area contributed by atoms with Crippen molar-refractivity contribution in [2.45, 2.75) is 23.6 Å². The van der Waals surface area contributed by atoms with E-state index in [9.17, 15) is 26.9 Å². The van der Waals surface area contributed by atoms with Crippen molar-refractivity contribution in [1.29, 1.82) is 0 Å². The molecule has 0 unspecified atom stereocenters. The number of nitrogens with zero attached hydrogens (tertiary/aromatic N) is 2. The first-order valence-corrected chi connectivity index (χ1v) is 11.6. The first-order chi connectivity index (χ1) is 14.0. The molecule has 30 heavy (non-hydrogen) atoms. The zero-order valence-electron chi connectivity index (χ0n) is 16.1. The summed E-state index contributed by atoms with van der Waals surface area (Å²) in [6, 6.07) is 15.8. The predicted molar refractivity (Wildman–Crippen MR) is 112 cm³/mol. The monoisotopic (exact) mass is 446 g/mol. The van der Waals surface area contributed by atoms with Gasteiger partial charge in [-0.25, -0.2) is 16.8 Å². The van der Waals surface area contributed by atoms with E-state index in [1.165, 1.54) is 60.7 Å². The Hall–Kier alpha value is -3.24. The summed E-state index contributed by atoms with van der Waals surface area (Å²) < 4.78 is 53.8. The zero-order valence-corrected chi connectivity index (χ0v) is 17.7. The van der Waals surface area contributed by atoms with Gasteiger partial charge in [-0.15, -0.1) is 0 Å². The van der Waals surface area contributed by atoms with Crippen LogP contribution in [0.15, 0.2) is 82.6 Å². The van der Waals surface area contributed by atoms with Crippen LogP contribution in [0.4, 0.5) is 11.4 Å². The quantitative estimate of drug-likeness (QED) is 0.420. The lowest BCUT2D eigenvalue weighted by atomic mass is 10.2. The predicted octanol–water partition coefficient (Wildman–Crippen LogP) is 3.80. The fourth-order valence-corrected chi connectivity index (χ4v) is 6.41. The molecular formula is C20H18N2O6S2. The Balaban J connectivity index is 2.29. The number of anilines is 1. The van der Waals surface area contributed by atoms with Crippen molar-refractivity contribution in [3.05, 3.63) is 94.0 Å². The van der Waals surface area contributed by atoms with Crippen LogP contribution in [0.1, 0.15) is 11.1 Å². The molecular weight excluding hydrogens is 428 g/mol. The Morgan fingerprint density at radius 3 is 1.57 bits per heavy atom. The molecule has 0 amide bonds. The minimum absolute atomic E-state index is 0.238. The maximum Gasteiger partial charge on any atom is 0.277 e. The fourth-order valence-electron chi connectivity index (χ4n) is 2.74. The number of sulfonamides is 2. The Morgan fingerprint density at radius 2 is 1.17 bits per heavy atom. The van der Waals surface area contributed by atoms with E-state index in [1.807, 2.05) is 0 Å². The highest BCUT2D eigenvalue weighted by Crippen LogP contribution is 2.32. The summed E-state index contributed by atoms with van der Waals surface area (Å²) >= 11 is 0. The van der Waals surface area contributed by atoms with Crippen molar-refractivity contribution in [3.63, 3.8) is 0 Å². The number of aryl methyl sites for hydroxylation is 2. The van der Waals surface area contributed by atoms with E-state index in [4.69, 9.17) is 0 Å². The molecule has 0 radical (unpaired) electrons. The second-order valence-corrected chi connectivity index (χ2v) is 10.4. The van der Waals surface area contributed by atoms with Gasteiger partial charge in [-0.1, -0.05) is 41.5 Å². The second-order valence-electron chi connectivity index (χ2n) is 6.61. The SMILES string of the molecule is Cc1ccc(S(=O)(=O)N(c2cccc([N+](=O)[O-])c2)S(=O)(=O)c2ccc(C)cc2)cc1. The van der Waals surface area contributed by atoms with Crippen molar-refractivity contribution in [1.82, 2.24) is 0 Å². The molecule has 3 aromatic carbocycles. The van der Waals surface area contributed by atoms with Crippen LogP contribution in [0.2, 0.25) is 0 Å². The molecule has 0 N–H and O–H groups in total. The number of benzene rings is 3. The number of hydrogen-bond donors (Lipinski definition) is 0. The van der Waals surface area contributed by atoms with Gasteiger partial charge in [0.1, 0.15) is 0 Å². The van der Waals surface area contributed by atoms with Gasteiger partial charge in [-0.05, 0) is 44.2 Å². The molecule has 0 spiro atoms. The highest BCUT2D eigenvalue weighted by molar-refractivity contribution is 8.10. The molecule has 10 heteroatoms. The van der Waals surface area contributed by atoms with Crippen LogP contribution in [0.3, 0.4) is 0 Å². The lowest BCUT2D eigenvalue weighted by Gasteiger charge is -2.24. The van der Waals surface area contributed by atoms with Gasteiger partial charge in [0.15, 0.2) is 0 Å². The van der Waals surface area contributed by atoms with E-state index in [1.54, 1.807) is 13.8 Å². The van der Waals surface area contributed by atoms with E-state index in [0.29, 0.717) is 0 Å². The highest BCUT2D eigenvalue weighted by atomic mass is 32.3. The van der Waals surface area contributed by atoms with Crippen LogP contribution in [-0.4, -0.2) is 21.8 Å². The molecule has 3 aromatic rings. The van der Waals surface area contributed by atoms with Crippen LogP contribution in [0.25, 0.3) is 0 Å². The molecule has 0 atom stereocenters. The van der Waals surface area contributed by atoms with Crippen LogP contribution in [0.5, 0.6) is 0 Å². The lowest BCUT2D eigenvalue weighted by Crippen LogP contribution is -2.37. The van der Waals surface area contributed by atoms with Gasteiger partial charge < -0.3 is 0 Å². The van der Waals surface area contributed by atoms with Crippen molar-refractivity contribution >= 4 is 31.4 Å². The van der Waals surface area contributed by atoms with E-state index >= 15 is 0 Å². The molecule has 156 valence electrons. The zero-order chi connectivity index (χ0) is 22.1. The van der Waals surface area contributed by atoms with Gasteiger partial charge in [0.25, 0.3) is 25.7 Å². The highest BCUT2D eigenvalue weighted by Gasteiger charge is 2.37. The molecule has 0 fully saturated rings. The third-order valence-corrected chi connectivity index (χ3v) is 8.53. The molecule has 0 aromatic heterocycles. The molecule has 0 saturated heterocycles. The Bertz CT molecular complexity index is 1220. The maximum atomic E-state index is 13.4. The van der Waals surface area contributed by atoms with E-state index < -0.39 is 30.7 Å². The Morgan fingerprint density at radius 1 is 0.733 bits per heavy atom. The molecule has 3 rings (SSSR count). The smallest absolute Gasteiger partial charge is 0.258 e. The molecule has 8 nitrogen and oxygen atoms in total. The van der Waals surface area contributed by atoms with Crippen LogP contribution in [-0.2, 0) is 20.0 Å². The summed E-state index contributed by atoms with van der Waals surface area (Å²) in [5.41, 5.74) is 0.788. The van der Waals surface area contributed by atoms with Gasteiger partial charge in [-0.2, -0.15) is 3.71 Å².